The highest BCUT2D eigenvalue weighted by atomic mass is 19.1. The maximum absolute atomic E-state index is 14.6. The van der Waals surface area contributed by atoms with Gasteiger partial charge in [0.1, 0.15) is 17.3 Å². The van der Waals surface area contributed by atoms with Crippen molar-refractivity contribution in [2.75, 3.05) is 0 Å². The highest BCUT2D eigenvalue weighted by molar-refractivity contribution is 5.78. The first kappa shape index (κ1) is 23.4. The van der Waals surface area contributed by atoms with Crippen molar-refractivity contribution in [3.8, 4) is 11.5 Å². The molecule has 0 heterocycles. The van der Waals surface area contributed by atoms with E-state index in [4.69, 9.17) is 9.47 Å². The summed E-state index contributed by atoms with van der Waals surface area (Å²) < 4.78 is 25.2. The maximum atomic E-state index is 14.6. The lowest BCUT2D eigenvalue weighted by molar-refractivity contribution is -0.132. The van der Waals surface area contributed by atoms with Gasteiger partial charge in [0.2, 0.25) is 0 Å². The smallest absolute Gasteiger partial charge is 0.308 e. The van der Waals surface area contributed by atoms with E-state index in [2.05, 4.69) is 6.92 Å². The number of rotatable bonds is 6. The Kier molecular flexibility index (Phi) is 6.92. The largest absolute Gasteiger partial charge is 0.427 e. The minimum Gasteiger partial charge on any atom is -0.427 e. The van der Waals surface area contributed by atoms with Gasteiger partial charge in [0.25, 0.3) is 0 Å². The summed E-state index contributed by atoms with van der Waals surface area (Å²) in [7, 11) is 0. The average molecular weight is 459 g/mol. The zero-order valence-corrected chi connectivity index (χ0v) is 19.6. The number of allylic oxidation sites excluding steroid dienone is 2. The standard InChI is InChI=1S/C29H27FO4/c1-4-25-26(20-9-12-23(13-10-20)33-18(2)31)15-21-11-14-24(34-19(3)32)17-27(21)28(25)16-22-7-5-6-8-29(22)30/h5-14,17,26H,4,15-16H2,1-3H3. The molecule has 34 heavy (non-hydrogen) atoms. The number of ether oxygens (including phenoxy) is 2. The van der Waals surface area contributed by atoms with Crippen molar-refractivity contribution in [1.29, 1.82) is 0 Å². The molecular formula is C29H27FO4. The fourth-order valence-corrected chi connectivity index (χ4v) is 4.72. The highest BCUT2D eigenvalue weighted by Crippen LogP contribution is 2.44. The topological polar surface area (TPSA) is 52.6 Å². The molecule has 0 aromatic heterocycles. The molecular weight excluding hydrogens is 431 g/mol. The molecule has 1 aliphatic carbocycles. The van der Waals surface area contributed by atoms with E-state index in [1.165, 1.54) is 25.5 Å². The number of esters is 2. The maximum Gasteiger partial charge on any atom is 0.308 e. The molecule has 0 radical (unpaired) electrons. The van der Waals surface area contributed by atoms with Gasteiger partial charge in [0, 0.05) is 26.2 Å². The Morgan fingerprint density at radius 1 is 0.912 bits per heavy atom. The zero-order chi connectivity index (χ0) is 24.2. The fourth-order valence-electron chi connectivity index (χ4n) is 4.72. The molecule has 0 aliphatic heterocycles. The quantitative estimate of drug-likeness (QED) is 0.316. The van der Waals surface area contributed by atoms with E-state index in [1.54, 1.807) is 24.3 Å². The molecule has 0 bridgehead atoms. The number of hydrogen-bond donors (Lipinski definition) is 0. The van der Waals surface area contributed by atoms with Crippen molar-refractivity contribution in [3.05, 3.63) is 100 Å². The molecule has 1 atom stereocenters. The third-order valence-corrected chi connectivity index (χ3v) is 6.15. The summed E-state index contributed by atoms with van der Waals surface area (Å²) in [5, 5.41) is 0. The van der Waals surface area contributed by atoms with Gasteiger partial charge in [0.15, 0.2) is 0 Å². The van der Waals surface area contributed by atoms with Crippen LogP contribution in [-0.2, 0) is 22.4 Å². The predicted molar refractivity (Wildman–Crippen MR) is 129 cm³/mol. The van der Waals surface area contributed by atoms with Gasteiger partial charge >= 0.3 is 11.9 Å². The van der Waals surface area contributed by atoms with E-state index in [0.29, 0.717) is 23.5 Å². The predicted octanol–water partition coefficient (Wildman–Crippen LogP) is 6.42. The lowest BCUT2D eigenvalue weighted by Crippen LogP contribution is -2.17. The average Bonchev–Trinajstić information content (AvgIpc) is 2.80. The lowest BCUT2D eigenvalue weighted by Gasteiger charge is -2.31. The minimum absolute atomic E-state index is 0.102. The summed E-state index contributed by atoms with van der Waals surface area (Å²) in [6.07, 6.45) is 2.00. The summed E-state index contributed by atoms with van der Waals surface area (Å²) >= 11 is 0. The molecule has 174 valence electrons. The molecule has 1 aliphatic rings. The number of hydrogen-bond acceptors (Lipinski definition) is 4. The van der Waals surface area contributed by atoms with E-state index in [1.807, 2.05) is 36.4 Å². The first-order chi connectivity index (χ1) is 16.4. The van der Waals surface area contributed by atoms with Gasteiger partial charge in [-0.2, -0.15) is 0 Å². The number of carbonyl (C=O) groups is 2. The molecule has 0 amide bonds. The van der Waals surface area contributed by atoms with Crippen LogP contribution in [0.4, 0.5) is 4.39 Å². The van der Waals surface area contributed by atoms with Gasteiger partial charge in [0.05, 0.1) is 0 Å². The SMILES string of the molecule is CCC1=C(Cc2ccccc2F)c2cc(OC(C)=O)ccc2CC1c1ccc(OC(C)=O)cc1. The van der Waals surface area contributed by atoms with Crippen LogP contribution in [0.15, 0.2) is 72.3 Å². The van der Waals surface area contributed by atoms with Gasteiger partial charge in [-0.25, -0.2) is 4.39 Å². The summed E-state index contributed by atoms with van der Waals surface area (Å²) in [5.41, 5.74) is 6.11. The summed E-state index contributed by atoms with van der Waals surface area (Å²) in [5.74, 6) is 0.117. The van der Waals surface area contributed by atoms with Crippen molar-refractivity contribution in [3.63, 3.8) is 0 Å². The molecule has 0 saturated heterocycles. The molecule has 3 aromatic rings. The Hall–Kier alpha value is -3.73. The lowest BCUT2D eigenvalue weighted by atomic mass is 9.73. The van der Waals surface area contributed by atoms with Crippen molar-refractivity contribution in [1.82, 2.24) is 0 Å². The van der Waals surface area contributed by atoms with Crippen LogP contribution in [0, 0.1) is 5.82 Å². The van der Waals surface area contributed by atoms with Crippen LogP contribution >= 0.6 is 0 Å². The van der Waals surface area contributed by atoms with Crippen LogP contribution in [0.25, 0.3) is 5.57 Å². The van der Waals surface area contributed by atoms with E-state index >= 15 is 0 Å². The monoisotopic (exact) mass is 458 g/mol. The Labute approximate surface area is 199 Å². The van der Waals surface area contributed by atoms with Gasteiger partial charge < -0.3 is 9.47 Å². The Morgan fingerprint density at radius 2 is 1.56 bits per heavy atom. The van der Waals surface area contributed by atoms with E-state index in [9.17, 15) is 14.0 Å². The first-order valence-corrected chi connectivity index (χ1v) is 11.4. The van der Waals surface area contributed by atoms with Gasteiger partial charge in [-0.3, -0.25) is 9.59 Å². The molecule has 4 nitrogen and oxygen atoms in total. The highest BCUT2D eigenvalue weighted by Gasteiger charge is 2.28. The van der Waals surface area contributed by atoms with Gasteiger partial charge in [-0.05, 0) is 71.0 Å². The molecule has 1 unspecified atom stereocenters. The molecule has 4 rings (SSSR count). The molecule has 0 spiro atoms. The third-order valence-electron chi connectivity index (χ3n) is 6.15. The van der Waals surface area contributed by atoms with Crippen LogP contribution < -0.4 is 9.47 Å². The number of carbonyl (C=O) groups excluding carboxylic acids is 2. The van der Waals surface area contributed by atoms with Crippen molar-refractivity contribution in [2.24, 2.45) is 0 Å². The van der Waals surface area contributed by atoms with Crippen LogP contribution in [0.5, 0.6) is 11.5 Å². The Balaban J connectivity index is 1.82. The zero-order valence-electron chi connectivity index (χ0n) is 19.6. The van der Waals surface area contributed by atoms with E-state index < -0.39 is 0 Å². The third kappa shape index (κ3) is 5.09. The summed E-state index contributed by atoms with van der Waals surface area (Å²) in [6.45, 7) is 4.86. The number of fused-ring (bicyclic) bond motifs is 1. The van der Waals surface area contributed by atoms with Crippen molar-refractivity contribution >= 4 is 17.5 Å². The second-order valence-corrected chi connectivity index (χ2v) is 8.46. The molecule has 0 N–H and O–H groups in total. The summed E-state index contributed by atoms with van der Waals surface area (Å²) in [4.78, 5) is 22.8. The van der Waals surface area contributed by atoms with Crippen LogP contribution in [0.1, 0.15) is 55.4 Å². The van der Waals surface area contributed by atoms with Crippen molar-refractivity contribution in [2.45, 2.75) is 46.0 Å². The normalized spacial score (nSPS) is 15.0. The molecule has 0 saturated carbocycles. The second-order valence-electron chi connectivity index (χ2n) is 8.46. The Bertz CT molecular complexity index is 1260. The van der Waals surface area contributed by atoms with E-state index in [-0.39, 0.29) is 23.7 Å². The number of benzene rings is 3. The second kappa shape index (κ2) is 10.0. The van der Waals surface area contributed by atoms with Crippen molar-refractivity contribution < 1.29 is 23.5 Å². The van der Waals surface area contributed by atoms with E-state index in [0.717, 1.165) is 35.1 Å². The van der Waals surface area contributed by atoms with Gasteiger partial charge in [-0.15, -0.1) is 0 Å². The fraction of sp³-hybridized carbons (Fsp3) is 0.241. The Morgan fingerprint density at radius 3 is 2.21 bits per heavy atom. The minimum atomic E-state index is -0.378. The van der Waals surface area contributed by atoms with Crippen LogP contribution in [0.3, 0.4) is 0 Å². The van der Waals surface area contributed by atoms with Crippen LogP contribution in [0.2, 0.25) is 0 Å². The summed E-state index contributed by atoms with van der Waals surface area (Å²) in [6, 6.07) is 20.1. The molecule has 5 heteroatoms. The van der Waals surface area contributed by atoms with Crippen LogP contribution in [-0.4, -0.2) is 11.9 Å². The first-order valence-electron chi connectivity index (χ1n) is 11.4. The molecule has 3 aromatic carbocycles. The molecule has 0 fully saturated rings. The van der Waals surface area contributed by atoms with Gasteiger partial charge in [-0.1, -0.05) is 48.9 Å². The number of halogens is 1.